The number of amidine groups is 1. The SMILES string of the molecule is Cc1ccc([C@@]2(C)[C@]3(C#N)C(N)=N[C@@]4(OC[C@H](C)O4)[C@@]32C#N)cc1. The fraction of sp³-hybridized carbons (Fsp3) is 0.500. The number of nitriles is 2. The Bertz CT molecular complexity index is 851. The third-order valence-electron chi connectivity index (χ3n) is 5.96. The van der Waals surface area contributed by atoms with E-state index >= 15 is 0 Å². The molecule has 1 aliphatic carbocycles. The third-order valence-corrected chi connectivity index (χ3v) is 5.96. The number of aryl methyl sites for hydroxylation is 1. The number of benzene rings is 1. The van der Waals surface area contributed by atoms with Gasteiger partial charge in [0.05, 0.1) is 24.8 Å². The lowest BCUT2D eigenvalue weighted by molar-refractivity contribution is -0.196. The van der Waals surface area contributed by atoms with Gasteiger partial charge in [-0.15, -0.1) is 0 Å². The van der Waals surface area contributed by atoms with Gasteiger partial charge in [-0.05, 0) is 19.4 Å². The molecule has 0 radical (unpaired) electrons. The summed E-state index contributed by atoms with van der Waals surface area (Å²) in [5.41, 5.74) is 4.74. The molecular weight excluding hydrogens is 304 g/mol. The lowest BCUT2D eigenvalue weighted by Crippen LogP contribution is -2.42. The highest BCUT2D eigenvalue weighted by atomic mass is 16.8. The van der Waals surface area contributed by atoms with Gasteiger partial charge in [0.2, 0.25) is 0 Å². The van der Waals surface area contributed by atoms with Crippen molar-refractivity contribution in [2.45, 2.75) is 38.2 Å². The largest absolute Gasteiger partial charge is 0.386 e. The zero-order chi connectivity index (χ0) is 17.4. The molecule has 1 aromatic rings. The maximum absolute atomic E-state index is 10.2. The zero-order valence-electron chi connectivity index (χ0n) is 13.8. The molecule has 1 saturated heterocycles. The second-order valence-corrected chi connectivity index (χ2v) is 7.03. The minimum absolute atomic E-state index is 0.115. The van der Waals surface area contributed by atoms with Crippen LogP contribution in [0.1, 0.15) is 25.0 Å². The quantitative estimate of drug-likeness (QED) is 0.848. The number of hydrogen-bond donors (Lipinski definition) is 1. The summed E-state index contributed by atoms with van der Waals surface area (Å²) in [5, 5.41) is 20.2. The first-order valence-electron chi connectivity index (χ1n) is 7.92. The molecule has 2 N–H and O–H groups in total. The highest BCUT2D eigenvalue weighted by Gasteiger charge is 3.00. The van der Waals surface area contributed by atoms with E-state index in [2.05, 4.69) is 17.1 Å². The fourth-order valence-electron chi connectivity index (χ4n) is 4.71. The van der Waals surface area contributed by atoms with Crippen LogP contribution in [0.2, 0.25) is 0 Å². The summed E-state index contributed by atoms with van der Waals surface area (Å²) < 4.78 is 11.8. The van der Waals surface area contributed by atoms with Gasteiger partial charge in [0.15, 0.2) is 10.8 Å². The summed E-state index contributed by atoms with van der Waals surface area (Å²) in [6.07, 6.45) is -0.218. The number of aliphatic imine (C=N–C) groups is 1. The molecule has 24 heavy (non-hydrogen) atoms. The van der Waals surface area contributed by atoms with Crippen LogP contribution in [0, 0.1) is 40.4 Å². The van der Waals surface area contributed by atoms with Crippen molar-refractivity contribution in [3.8, 4) is 12.1 Å². The number of nitrogens with zero attached hydrogens (tertiary/aromatic N) is 3. The standard InChI is InChI=1S/C18H18N4O2/c1-11-4-6-13(7-5-11)15(3)16(9-19)14(21)22-18(17(15,16)10-20)23-8-12(2)24-18/h4-7,12H,8H2,1-3H3,(H2,21,22)/t12-,15-,16-,17+,18+/m0/s1. The smallest absolute Gasteiger partial charge is 0.294 e. The molecule has 2 aliphatic heterocycles. The lowest BCUT2D eigenvalue weighted by atomic mass is 9.84. The Hall–Kier alpha value is -2.41. The third kappa shape index (κ3) is 1.18. The van der Waals surface area contributed by atoms with Crippen molar-refractivity contribution in [3.63, 3.8) is 0 Å². The molecule has 5 atom stereocenters. The molecule has 3 aliphatic rings. The van der Waals surface area contributed by atoms with E-state index in [4.69, 9.17) is 15.2 Å². The number of rotatable bonds is 1. The first kappa shape index (κ1) is 15.1. The Kier molecular flexibility index (Phi) is 2.62. The van der Waals surface area contributed by atoms with E-state index in [0.29, 0.717) is 6.61 Å². The summed E-state index contributed by atoms with van der Waals surface area (Å²) in [7, 11) is 0. The molecule has 6 nitrogen and oxygen atoms in total. The second kappa shape index (κ2) is 4.16. The van der Waals surface area contributed by atoms with E-state index in [0.717, 1.165) is 11.1 Å². The van der Waals surface area contributed by atoms with Crippen LogP contribution in [0.5, 0.6) is 0 Å². The van der Waals surface area contributed by atoms with E-state index in [1.165, 1.54) is 0 Å². The van der Waals surface area contributed by atoms with Gasteiger partial charge in [-0.25, -0.2) is 4.99 Å². The molecular formula is C18H18N4O2. The van der Waals surface area contributed by atoms with Crippen molar-refractivity contribution >= 4 is 5.84 Å². The number of nitrogens with two attached hydrogens (primary N) is 1. The van der Waals surface area contributed by atoms with Crippen LogP contribution in [0.25, 0.3) is 0 Å². The van der Waals surface area contributed by atoms with Crippen LogP contribution in [0.4, 0.5) is 0 Å². The van der Waals surface area contributed by atoms with E-state index in [1.807, 2.05) is 45.0 Å². The summed E-state index contributed by atoms with van der Waals surface area (Å²) in [4.78, 5) is 4.33. The van der Waals surface area contributed by atoms with Gasteiger partial charge in [0.25, 0.3) is 5.91 Å². The molecule has 2 fully saturated rings. The summed E-state index contributed by atoms with van der Waals surface area (Å²) in [6, 6.07) is 12.4. The Labute approximate surface area is 140 Å². The van der Waals surface area contributed by atoms with Crippen LogP contribution in [0.3, 0.4) is 0 Å². The normalized spacial score (nSPS) is 45.4. The van der Waals surface area contributed by atoms with Crippen molar-refractivity contribution in [2.75, 3.05) is 6.61 Å². The zero-order valence-corrected chi connectivity index (χ0v) is 13.8. The van der Waals surface area contributed by atoms with Crippen LogP contribution in [-0.2, 0) is 14.9 Å². The Morgan fingerprint density at radius 1 is 1.25 bits per heavy atom. The van der Waals surface area contributed by atoms with E-state index in [1.54, 1.807) is 0 Å². The number of hydrogen-bond acceptors (Lipinski definition) is 6. The molecule has 1 aromatic carbocycles. The van der Waals surface area contributed by atoms with Crippen molar-refractivity contribution in [1.29, 1.82) is 10.5 Å². The minimum atomic E-state index is -1.51. The maximum Gasteiger partial charge on any atom is 0.294 e. The van der Waals surface area contributed by atoms with Crippen LogP contribution in [0.15, 0.2) is 29.3 Å². The summed E-state index contributed by atoms with van der Waals surface area (Å²) in [5.74, 6) is -1.40. The van der Waals surface area contributed by atoms with Gasteiger partial charge in [-0.2, -0.15) is 10.5 Å². The van der Waals surface area contributed by atoms with Crippen LogP contribution >= 0.6 is 0 Å². The average molecular weight is 322 g/mol. The topological polar surface area (TPSA) is 104 Å². The Morgan fingerprint density at radius 3 is 2.42 bits per heavy atom. The van der Waals surface area contributed by atoms with Gasteiger partial charge < -0.3 is 15.2 Å². The molecule has 6 heteroatoms. The molecule has 122 valence electrons. The minimum Gasteiger partial charge on any atom is -0.386 e. The average Bonchev–Trinajstić information content (AvgIpc) is 2.75. The van der Waals surface area contributed by atoms with Gasteiger partial charge in [0, 0.05) is 5.41 Å². The Balaban J connectivity index is 1.98. The number of fused-ring (bicyclic) bond motifs is 2. The molecule has 0 bridgehead atoms. The summed E-state index contributed by atoms with van der Waals surface area (Å²) in [6.45, 7) is 6.03. The van der Waals surface area contributed by atoms with Gasteiger partial charge in [-0.1, -0.05) is 36.8 Å². The highest BCUT2D eigenvalue weighted by Crippen LogP contribution is 2.85. The van der Waals surface area contributed by atoms with Crippen LogP contribution < -0.4 is 5.73 Å². The maximum atomic E-state index is 10.2. The van der Waals surface area contributed by atoms with Crippen molar-refractivity contribution in [2.24, 2.45) is 21.6 Å². The monoisotopic (exact) mass is 322 g/mol. The summed E-state index contributed by atoms with van der Waals surface area (Å²) >= 11 is 0. The van der Waals surface area contributed by atoms with E-state index in [-0.39, 0.29) is 11.9 Å². The predicted molar refractivity (Wildman–Crippen MR) is 85.5 cm³/mol. The lowest BCUT2D eigenvalue weighted by Gasteiger charge is -2.30. The fourth-order valence-corrected chi connectivity index (χ4v) is 4.71. The molecule has 0 unspecified atom stereocenters. The molecule has 4 rings (SSSR count). The van der Waals surface area contributed by atoms with Crippen molar-refractivity contribution < 1.29 is 9.47 Å². The predicted octanol–water partition coefficient (Wildman–Crippen LogP) is 1.75. The first-order valence-corrected chi connectivity index (χ1v) is 7.92. The van der Waals surface area contributed by atoms with Crippen molar-refractivity contribution in [3.05, 3.63) is 35.4 Å². The molecule has 1 saturated carbocycles. The van der Waals surface area contributed by atoms with Crippen LogP contribution in [-0.4, -0.2) is 24.5 Å². The van der Waals surface area contributed by atoms with Gasteiger partial charge in [-0.3, -0.25) is 0 Å². The molecule has 0 aromatic heterocycles. The molecule has 2 heterocycles. The van der Waals surface area contributed by atoms with E-state index < -0.39 is 22.2 Å². The second-order valence-electron chi connectivity index (χ2n) is 7.03. The van der Waals surface area contributed by atoms with Gasteiger partial charge in [0.1, 0.15) is 5.84 Å². The van der Waals surface area contributed by atoms with E-state index in [9.17, 15) is 10.5 Å². The first-order chi connectivity index (χ1) is 11.3. The Morgan fingerprint density at radius 2 is 1.92 bits per heavy atom. The molecule has 1 spiro atoms. The number of ether oxygens (including phenoxy) is 2. The van der Waals surface area contributed by atoms with Crippen molar-refractivity contribution in [1.82, 2.24) is 0 Å². The van der Waals surface area contributed by atoms with Gasteiger partial charge >= 0.3 is 0 Å². The highest BCUT2D eigenvalue weighted by molar-refractivity contribution is 6.02. The molecule has 0 amide bonds.